The maximum Gasteiger partial charge on any atom is 0.232 e. The minimum absolute atomic E-state index is 0.171. The summed E-state index contributed by atoms with van der Waals surface area (Å²) in [4.78, 5) is 22.4. The van der Waals surface area contributed by atoms with Crippen molar-refractivity contribution in [1.29, 1.82) is 0 Å². The molecule has 1 aliphatic carbocycles. The maximum absolute atomic E-state index is 11.4. The van der Waals surface area contributed by atoms with Gasteiger partial charge < -0.3 is 11.1 Å². The molecule has 13 heavy (non-hydrogen) atoms. The lowest BCUT2D eigenvalue weighted by molar-refractivity contribution is -0.138. The highest BCUT2D eigenvalue weighted by molar-refractivity contribution is 6.00. The Morgan fingerprint density at radius 1 is 1.38 bits per heavy atom. The molecular weight excluding hydrogens is 168 g/mol. The number of carbonyl (C=O) groups excluding carboxylic acids is 2. The Bertz CT molecular complexity index is 248. The number of carbonyl (C=O) groups is 2. The first-order valence-electron chi connectivity index (χ1n) is 4.77. The molecule has 2 rings (SSSR count). The zero-order valence-electron chi connectivity index (χ0n) is 7.45. The summed E-state index contributed by atoms with van der Waals surface area (Å²) in [5, 5.41) is 2.69. The van der Waals surface area contributed by atoms with E-state index >= 15 is 0 Å². The van der Waals surface area contributed by atoms with Gasteiger partial charge in [-0.2, -0.15) is 0 Å². The number of piperidine rings is 1. The van der Waals surface area contributed by atoms with Crippen LogP contribution in [0.25, 0.3) is 0 Å². The van der Waals surface area contributed by atoms with E-state index in [2.05, 4.69) is 5.32 Å². The van der Waals surface area contributed by atoms with Crippen LogP contribution in [0.2, 0.25) is 0 Å². The minimum Gasteiger partial charge on any atom is -0.369 e. The zero-order chi connectivity index (χ0) is 9.42. The normalized spacial score (nSPS) is 34.0. The topological polar surface area (TPSA) is 72.2 Å². The number of nitrogens with one attached hydrogen (secondary N) is 1. The van der Waals surface area contributed by atoms with Crippen LogP contribution in [0.3, 0.4) is 0 Å². The van der Waals surface area contributed by atoms with Crippen LogP contribution in [-0.2, 0) is 9.59 Å². The molecule has 2 aliphatic rings. The highest BCUT2D eigenvalue weighted by Gasteiger charge is 2.44. The van der Waals surface area contributed by atoms with E-state index in [1.807, 2.05) is 0 Å². The molecule has 4 heteroatoms. The summed E-state index contributed by atoms with van der Waals surface area (Å²) >= 11 is 0. The van der Waals surface area contributed by atoms with E-state index in [1.54, 1.807) is 0 Å². The molecule has 0 aromatic carbocycles. The summed E-state index contributed by atoms with van der Waals surface area (Å²) in [7, 11) is 0. The van der Waals surface area contributed by atoms with Crippen LogP contribution in [0.15, 0.2) is 0 Å². The van der Waals surface area contributed by atoms with Gasteiger partial charge in [-0.05, 0) is 31.1 Å². The maximum atomic E-state index is 11.4. The Hall–Kier alpha value is -1.06. The van der Waals surface area contributed by atoms with E-state index < -0.39 is 11.8 Å². The lowest BCUT2D eigenvalue weighted by Gasteiger charge is -2.28. The van der Waals surface area contributed by atoms with Crippen LogP contribution >= 0.6 is 0 Å². The molecule has 1 heterocycles. The molecule has 0 bridgehead atoms. The predicted molar refractivity (Wildman–Crippen MR) is 46.5 cm³/mol. The number of primary amides is 1. The second kappa shape index (κ2) is 3.01. The molecule has 2 unspecified atom stereocenters. The first-order chi connectivity index (χ1) is 6.20. The Kier molecular flexibility index (Phi) is 1.98. The van der Waals surface area contributed by atoms with Crippen LogP contribution in [0.5, 0.6) is 0 Å². The van der Waals surface area contributed by atoms with Gasteiger partial charge >= 0.3 is 0 Å². The zero-order valence-corrected chi connectivity index (χ0v) is 7.45. The van der Waals surface area contributed by atoms with E-state index in [0.29, 0.717) is 12.5 Å². The van der Waals surface area contributed by atoms with Gasteiger partial charge in [0.25, 0.3) is 0 Å². The Morgan fingerprint density at radius 3 is 2.62 bits per heavy atom. The molecule has 1 saturated carbocycles. The Morgan fingerprint density at radius 2 is 2.08 bits per heavy atom. The number of hydrogen-bond donors (Lipinski definition) is 2. The molecule has 2 amide bonds. The van der Waals surface area contributed by atoms with Crippen LogP contribution < -0.4 is 11.1 Å². The molecule has 0 spiro atoms. The van der Waals surface area contributed by atoms with Gasteiger partial charge in [-0.15, -0.1) is 0 Å². The molecule has 0 aromatic rings. The van der Waals surface area contributed by atoms with Gasteiger partial charge in [-0.3, -0.25) is 9.59 Å². The van der Waals surface area contributed by atoms with Crippen molar-refractivity contribution in [1.82, 2.24) is 5.32 Å². The molecule has 72 valence electrons. The van der Waals surface area contributed by atoms with Crippen LogP contribution in [-0.4, -0.2) is 18.4 Å². The Labute approximate surface area is 76.9 Å². The van der Waals surface area contributed by atoms with E-state index in [4.69, 9.17) is 5.73 Å². The third-order valence-corrected chi connectivity index (χ3v) is 3.02. The van der Waals surface area contributed by atoms with Crippen molar-refractivity contribution >= 4 is 11.8 Å². The van der Waals surface area contributed by atoms with E-state index in [9.17, 15) is 9.59 Å². The first-order valence-corrected chi connectivity index (χ1v) is 4.77. The molecule has 0 radical (unpaired) electrons. The summed E-state index contributed by atoms with van der Waals surface area (Å²) in [6.45, 7) is 0.698. The summed E-state index contributed by atoms with van der Waals surface area (Å²) in [5.74, 6) is -0.416. The van der Waals surface area contributed by atoms with Crippen molar-refractivity contribution in [2.24, 2.45) is 23.5 Å². The monoisotopic (exact) mass is 182 g/mol. The van der Waals surface area contributed by atoms with Gasteiger partial charge in [0.15, 0.2) is 0 Å². The molecule has 1 aliphatic heterocycles. The predicted octanol–water partition coefficient (Wildman–Crippen LogP) is -0.366. The second-order valence-electron chi connectivity index (χ2n) is 3.96. The molecule has 0 aromatic heterocycles. The lowest BCUT2D eigenvalue weighted by atomic mass is 9.82. The number of nitrogens with two attached hydrogens (primary N) is 1. The lowest BCUT2D eigenvalue weighted by Crippen LogP contribution is -2.48. The SMILES string of the molecule is NC(=O)C1C(=O)NCCC1C1CC1. The molecule has 2 atom stereocenters. The smallest absolute Gasteiger partial charge is 0.232 e. The number of amides is 2. The van der Waals surface area contributed by atoms with Gasteiger partial charge in [0, 0.05) is 6.54 Å². The molecule has 3 N–H and O–H groups in total. The van der Waals surface area contributed by atoms with Crippen molar-refractivity contribution < 1.29 is 9.59 Å². The summed E-state index contributed by atoms with van der Waals surface area (Å²) in [6.07, 6.45) is 3.22. The number of hydrogen-bond acceptors (Lipinski definition) is 2. The minimum atomic E-state index is -0.568. The standard InChI is InChI=1S/C9H14N2O2/c10-8(12)7-6(5-1-2-5)3-4-11-9(7)13/h5-7H,1-4H2,(H2,10,12)(H,11,13). The quantitative estimate of drug-likeness (QED) is 0.572. The third-order valence-electron chi connectivity index (χ3n) is 3.02. The van der Waals surface area contributed by atoms with Crippen molar-refractivity contribution in [3.8, 4) is 0 Å². The van der Waals surface area contributed by atoms with Gasteiger partial charge in [-0.1, -0.05) is 0 Å². The first kappa shape index (κ1) is 8.53. The van der Waals surface area contributed by atoms with E-state index in [0.717, 1.165) is 19.3 Å². The largest absolute Gasteiger partial charge is 0.369 e. The summed E-state index contributed by atoms with van der Waals surface area (Å²) in [5.41, 5.74) is 5.21. The van der Waals surface area contributed by atoms with Crippen molar-refractivity contribution in [3.63, 3.8) is 0 Å². The fourth-order valence-corrected chi connectivity index (χ4v) is 2.21. The van der Waals surface area contributed by atoms with Crippen molar-refractivity contribution in [2.45, 2.75) is 19.3 Å². The van der Waals surface area contributed by atoms with Crippen LogP contribution in [0, 0.1) is 17.8 Å². The highest BCUT2D eigenvalue weighted by Crippen LogP contribution is 2.43. The van der Waals surface area contributed by atoms with Gasteiger partial charge in [0.05, 0.1) is 0 Å². The fraction of sp³-hybridized carbons (Fsp3) is 0.778. The summed E-state index contributed by atoms with van der Waals surface area (Å²) in [6, 6.07) is 0. The van der Waals surface area contributed by atoms with Crippen LogP contribution in [0.4, 0.5) is 0 Å². The van der Waals surface area contributed by atoms with E-state index in [1.165, 1.54) is 0 Å². The molecule has 2 fully saturated rings. The van der Waals surface area contributed by atoms with E-state index in [-0.39, 0.29) is 11.8 Å². The van der Waals surface area contributed by atoms with Gasteiger partial charge in [-0.25, -0.2) is 0 Å². The van der Waals surface area contributed by atoms with Crippen molar-refractivity contribution in [2.75, 3.05) is 6.54 Å². The molecule has 4 nitrogen and oxygen atoms in total. The Balaban J connectivity index is 2.13. The van der Waals surface area contributed by atoms with Gasteiger partial charge in [0.1, 0.15) is 5.92 Å². The highest BCUT2D eigenvalue weighted by atomic mass is 16.2. The van der Waals surface area contributed by atoms with Crippen LogP contribution in [0.1, 0.15) is 19.3 Å². The number of rotatable bonds is 2. The van der Waals surface area contributed by atoms with Crippen molar-refractivity contribution in [3.05, 3.63) is 0 Å². The molecular formula is C9H14N2O2. The fourth-order valence-electron chi connectivity index (χ4n) is 2.21. The average molecular weight is 182 g/mol. The summed E-state index contributed by atoms with van der Waals surface area (Å²) < 4.78 is 0. The average Bonchev–Trinajstić information content (AvgIpc) is 2.85. The molecule has 1 saturated heterocycles. The third kappa shape index (κ3) is 1.53. The van der Waals surface area contributed by atoms with Gasteiger partial charge in [0.2, 0.25) is 11.8 Å². The second-order valence-corrected chi connectivity index (χ2v) is 3.96.